The van der Waals surface area contributed by atoms with Gasteiger partial charge in [-0.05, 0) is 36.8 Å². The second-order valence-electron chi connectivity index (χ2n) is 5.83. The fourth-order valence-corrected chi connectivity index (χ4v) is 4.08. The van der Waals surface area contributed by atoms with Crippen LogP contribution in [0.15, 0.2) is 24.3 Å². The Morgan fingerprint density at radius 2 is 2.14 bits per heavy atom. The fourth-order valence-electron chi connectivity index (χ4n) is 2.71. The first-order chi connectivity index (χ1) is 9.90. The SMILES string of the molecule is Cc1ccccc1C(O)CNS(=O)(=O)N1CCCC(C)C1. The summed E-state index contributed by atoms with van der Waals surface area (Å²) in [6.07, 6.45) is 1.13. The number of nitrogens with zero attached hydrogens (tertiary/aromatic N) is 1. The predicted octanol–water partition coefficient (Wildman–Crippen LogP) is 1.59. The summed E-state index contributed by atoms with van der Waals surface area (Å²) in [4.78, 5) is 0. The van der Waals surface area contributed by atoms with Crippen molar-refractivity contribution in [1.29, 1.82) is 0 Å². The summed E-state index contributed by atoms with van der Waals surface area (Å²) >= 11 is 0. The van der Waals surface area contributed by atoms with Gasteiger partial charge in [0.25, 0.3) is 10.2 Å². The molecule has 0 radical (unpaired) electrons. The zero-order valence-corrected chi connectivity index (χ0v) is 13.4. The molecule has 0 saturated carbocycles. The number of hydrogen-bond donors (Lipinski definition) is 2. The maximum atomic E-state index is 12.3. The maximum Gasteiger partial charge on any atom is 0.279 e. The van der Waals surface area contributed by atoms with E-state index in [9.17, 15) is 13.5 Å². The molecule has 1 saturated heterocycles. The summed E-state index contributed by atoms with van der Waals surface area (Å²) in [7, 11) is -3.51. The van der Waals surface area contributed by atoms with E-state index in [1.807, 2.05) is 31.2 Å². The Bertz CT molecular complexity index is 574. The second kappa shape index (κ2) is 6.87. The number of rotatable bonds is 5. The van der Waals surface area contributed by atoms with Crippen LogP contribution in [-0.2, 0) is 10.2 Å². The predicted molar refractivity (Wildman–Crippen MR) is 83.0 cm³/mol. The number of nitrogens with one attached hydrogen (secondary N) is 1. The lowest BCUT2D eigenvalue weighted by Gasteiger charge is -2.30. The van der Waals surface area contributed by atoms with Gasteiger partial charge in [0.1, 0.15) is 0 Å². The number of piperidine rings is 1. The molecule has 0 aliphatic carbocycles. The molecule has 1 aliphatic heterocycles. The first-order valence-electron chi connectivity index (χ1n) is 7.38. The quantitative estimate of drug-likeness (QED) is 0.867. The Kier molecular flexibility index (Phi) is 5.37. The van der Waals surface area contributed by atoms with Crippen LogP contribution in [0, 0.1) is 12.8 Å². The summed E-state index contributed by atoms with van der Waals surface area (Å²) in [6.45, 7) is 5.07. The molecule has 118 valence electrons. The van der Waals surface area contributed by atoms with Gasteiger partial charge in [-0.25, -0.2) is 0 Å². The van der Waals surface area contributed by atoms with Crippen LogP contribution in [-0.4, -0.2) is 37.5 Å². The standard InChI is InChI=1S/C15H24N2O3S/c1-12-6-5-9-17(11-12)21(19,20)16-10-15(18)14-8-4-3-7-13(14)2/h3-4,7-8,12,15-16,18H,5-6,9-11H2,1-2H3. The molecule has 1 heterocycles. The van der Waals surface area contributed by atoms with E-state index in [2.05, 4.69) is 11.6 Å². The van der Waals surface area contributed by atoms with Gasteiger partial charge in [-0.2, -0.15) is 17.4 Å². The zero-order valence-electron chi connectivity index (χ0n) is 12.6. The van der Waals surface area contributed by atoms with Gasteiger partial charge in [-0.3, -0.25) is 0 Å². The zero-order chi connectivity index (χ0) is 15.5. The average molecular weight is 312 g/mol. The lowest BCUT2D eigenvalue weighted by molar-refractivity contribution is 0.179. The van der Waals surface area contributed by atoms with Gasteiger partial charge >= 0.3 is 0 Å². The molecule has 1 aromatic rings. The minimum atomic E-state index is -3.51. The molecule has 1 aromatic carbocycles. The van der Waals surface area contributed by atoms with Crippen LogP contribution in [0.25, 0.3) is 0 Å². The van der Waals surface area contributed by atoms with E-state index >= 15 is 0 Å². The minimum absolute atomic E-state index is 0.00192. The van der Waals surface area contributed by atoms with Crippen molar-refractivity contribution >= 4 is 10.2 Å². The summed E-state index contributed by atoms with van der Waals surface area (Å²) in [6, 6.07) is 7.45. The molecule has 6 heteroatoms. The van der Waals surface area contributed by atoms with Crippen LogP contribution in [0.1, 0.15) is 37.0 Å². The molecule has 21 heavy (non-hydrogen) atoms. The third-order valence-corrected chi connectivity index (χ3v) is 5.51. The van der Waals surface area contributed by atoms with Crippen LogP contribution in [0.3, 0.4) is 0 Å². The lowest BCUT2D eigenvalue weighted by Crippen LogP contribution is -2.46. The van der Waals surface area contributed by atoms with Gasteiger partial charge in [-0.15, -0.1) is 0 Å². The van der Waals surface area contributed by atoms with Gasteiger partial charge in [0.15, 0.2) is 0 Å². The highest BCUT2D eigenvalue weighted by molar-refractivity contribution is 7.87. The van der Waals surface area contributed by atoms with Gasteiger partial charge in [0.2, 0.25) is 0 Å². The van der Waals surface area contributed by atoms with E-state index in [1.54, 1.807) is 0 Å². The molecule has 2 N–H and O–H groups in total. The number of aryl methyl sites for hydroxylation is 1. The normalized spacial score (nSPS) is 22.1. The smallest absolute Gasteiger partial charge is 0.279 e. The highest BCUT2D eigenvalue weighted by Crippen LogP contribution is 2.19. The first-order valence-corrected chi connectivity index (χ1v) is 8.82. The monoisotopic (exact) mass is 312 g/mol. The van der Waals surface area contributed by atoms with Crippen molar-refractivity contribution in [2.45, 2.75) is 32.8 Å². The number of aliphatic hydroxyl groups is 1. The molecule has 0 amide bonds. The van der Waals surface area contributed by atoms with Gasteiger partial charge in [0.05, 0.1) is 6.10 Å². The molecular weight excluding hydrogens is 288 g/mol. The highest BCUT2D eigenvalue weighted by Gasteiger charge is 2.27. The third kappa shape index (κ3) is 4.26. The summed E-state index contributed by atoms with van der Waals surface area (Å²) in [5, 5.41) is 10.2. The number of hydrogen-bond acceptors (Lipinski definition) is 3. The molecule has 2 unspecified atom stereocenters. The Balaban J connectivity index is 1.97. The minimum Gasteiger partial charge on any atom is -0.387 e. The van der Waals surface area contributed by atoms with Crippen LogP contribution in [0.2, 0.25) is 0 Å². The Morgan fingerprint density at radius 3 is 2.81 bits per heavy atom. The number of aliphatic hydroxyl groups excluding tert-OH is 1. The topological polar surface area (TPSA) is 69.6 Å². The van der Waals surface area contributed by atoms with E-state index in [0.29, 0.717) is 19.0 Å². The molecule has 0 aromatic heterocycles. The molecule has 0 bridgehead atoms. The lowest BCUT2D eigenvalue weighted by atomic mass is 10.0. The molecule has 5 nitrogen and oxygen atoms in total. The van der Waals surface area contributed by atoms with Crippen molar-refractivity contribution in [3.8, 4) is 0 Å². The van der Waals surface area contributed by atoms with Crippen molar-refractivity contribution in [2.75, 3.05) is 19.6 Å². The second-order valence-corrected chi connectivity index (χ2v) is 7.59. The van der Waals surface area contributed by atoms with Crippen molar-refractivity contribution < 1.29 is 13.5 Å². The van der Waals surface area contributed by atoms with Gasteiger partial charge < -0.3 is 5.11 Å². The van der Waals surface area contributed by atoms with Crippen LogP contribution >= 0.6 is 0 Å². The van der Waals surface area contributed by atoms with E-state index in [4.69, 9.17) is 0 Å². The van der Waals surface area contributed by atoms with E-state index in [-0.39, 0.29) is 6.54 Å². The van der Waals surface area contributed by atoms with Crippen molar-refractivity contribution in [1.82, 2.24) is 9.03 Å². The highest BCUT2D eigenvalue weighted by atomic mass is 32.2. The van der Waals surface area contributed by atoms with E-state index < -0.39 is 16.3 Å². The molecule has 1 fully saturated rings. The molecular formula is C15H24N2O3S. The van der Waals surface area contributed by atoms with Crippen molar-refractivity contribution in [3.05, 3.63) is 35.4 Å². The van der Waals surface area contributed by atoms with Gasteiger partial charge in [0, 0.05) is 19.6 Å². The summed E-state index contributed by atoms with van der Waals surface area (Å²) < 4.78 is 28.5. The average Bonchev–Trinajstić information content (AvgIpc) is 2.45. The van der Waals surface area contributed by atoms with E-state index in [0.717, 1.165) is 24.0 Å². The Hall–Kier alpha value is -0.950. The maximum absolute atomic E-state index is 12.3. The Labute approximate surface area is 127 Å². The van der Waals surface area contributed by atoms with E-state index in [1.165, 1.54) is 4.31 Å². The van der Waals surface area contributed by atoms with Crippen molar-refractivity contribution in [3.63, 3.8) is 0 Å². The first kappa shape index (κ1) is 16.4. The molecule has 1 aliphatic rings. The van der Waals surface area contributed by atoms with Crippen LogP contribution in [0.5, 0.6) is 0 Å². The third-order valence-electron chi connectivity index (χ3n) is 3.97. The fraction of sp³-hybridized carbons (Fsp3) is 0.600. The number of benzene rings is 1. The van der Waals surface area contributed by atoms with Crippen molar-refractivity contribution in [2.24, 2.45) is 5.92 Å². The summed E-state index contributed by atoms with van der Waals surface area (Å²) in [5.74, 6) is 0.386. The van der Waals surface area contributed by atoms with Crippen LogP contribution in [0.4, 0.5) is 0 Å². The van der Waals surface area contributed by atoms with Gasteiger partial charge in [-0.1, -0.05) is 31.2 Å². The molecule has 0 spiro atoms. The largest absolute Gasteiger partial charge is 0.387 e. The Morgan fingerprint density at radius 1 is 1.43 bits per heavy atom. The molecule has 2 rings (SSSR count). The van der Waals surface area contributed by atoms with Crippen LogP contribution < -0.4 is 4.72 Å². The summed E-state index contributed by atoms with van der Waals surface area (Å²) in [5.41, 5.74) is 1.71. The molecule has 2 atom stereocenters.